The van der Waals surface area contributed by atoms with Gasteiger partial charge < -0.3 is 44.0 Å². The minimum Gasteiger partial charge on any atom is -0.489 e. The third kappa shape index (κ3) is 13.6. The van der Waals surface area contributed by atoms with Crippen LogP contribution >= 0.6 is 0 Å². The zero-order chi connectivity index (χ0) is 45.6. The molecule has 0 bridgehead atoms. The Morgan fingerprint density at radius 3 is 2.36 bits per heavy atom. The molecule has 0 spiro atoms. The Balaban J connectivity index is 1.63. The van der Waals surface area contributed by atoms with Gasteiger partial charge in [-0.05, 0) is 80.7 Å². The van der Waals surface area contributed by atoms with Gasteiger partial charge in [0.2, 0.25) is 11.7 Å². The van der Waals surface area contributed by atoms with Gasteiger partial charge in [-0.3, -0.25) is 4.79 Å². The monoisotopic (exact) mass is 893 g/mol. The van der Waals surface area contributed by atoms with E-state index in [0.29, 0.717) is 49.4 Å². The molecule has 3 N–H and O–H groups in total. The smallest absolute Gasteiger partial charge is 0.239 e. The van der Waals surface area contributed by atoms with Crippen LogP contribution < -0.4 is 9.47 Å². The van der Waals surface area contributed by atoms with Gasteiger partial charge in [-0.25, -0.2) is 4.39 Å². The van der Waals surface area contributed by atoms with Crippen LogP contribution in [0.3, 0.4) is 0 Å². The van der Waals surface area contributed by atoms with Gasteiger partial charge in [-0.1, -0.05) is 107 Å². The van der Waals surface area contributed by atoms with Crippen LogP contribution in [-0.2, 0) is 25.7 Å². The molecule has 0 radical (unpaired) electrons. The zero-order valence-electron chi connectivity index (χ0n) is 38.7. The summed E-state index contributed by atoms with van der Waals surface area (Å²) < 4.78 is 41.4. The molecule has 2 aliphatic carbocycles. The third-order valence-corrected chi connectivity index (χ3v) is 13.2. The summed E-state index contributed by atoms with van der Waals surface area (Å²) >= 11 is 0. The first-order valence-corrected chi connectivity index (χ1v) is 24.4. The number of amides is 1. The second-order valence-electron chi connectivity index (χ2n) is 17.6. The van der Waals surface area contributed by atoms with E-state index >= 15 is 0 Å². The summed E-state index contributed by atoms with van der Waals surface area (Å²) in [5, 5.41) is 34.3. The lowest BCUT2D eigenvalue weighted by molar-refractivity contribution is -0.258. The number of nitrogens with zero attached hydrogens (tertiary/aromatic N) is 2. The highest BCUT2D eigenvalue weighted by atomic mass is 19.1. The number of hydrogen-bond donors (Lipinski definition) is 3. The summed E-state index contributed by atoms with van der Waals surface area (Å²) in [7, 11) is 0. The Morgan fingerprint density at radius 2 is 1.66 bits per heavy atom. The number of aliphatic hydroxyl groups excluding tert-OH is 3. The Labute approximate surface area is 382 Å². The first kappa shape index (κ1) is 51.2. The molecule has 2 aromatic carbocycles. The largest absolute Gasteiger partial charge is 0.489 e. The van der Waals surface area contributed by atoms with Crippen LogP contribution in [-0.4, -0.2) is 96.5 Å². The van der Waals surface area contributed by atoms with Crippen LogP contribution in [0.1, 0.15) is 140 Å². The number of oxime groups is 1. The van der Waals surface area contributed by atoms with E-state index in [1.807, 2.05) is 30.0 Å². The van der Waals surface area contributed by atoms with Gasteiger partial charge in [0.25, 0.3) is 0 Å². The SMILES string of the molecule is C=CCO[C@@]12Oc3ccc(OCc4ccccc4F)cc3[C@H]3[C@H](CCCCO)[C@@H](CCCCO)C=C(C(=NOCC)C[C@@H]1N(CCOCCO)C(=O)CCCCCCCCCCC)[C@H]32. The van der Waals surface area contributed by atoms with Crippen LogP contribution in [0.4, 0.5) is 4.39 Å². The fraction of sp³-hybridized carbons (Fsp3) is 0.654. The Bertz CT molecular complexity index is 1770. The lowest BCUT2D eigenvalue weighted by Crippen LogP contribution is -2.70. The van der Waals surface area contributed by atoms with E-state index in [2.05, 4.69) is 19.6 Å². The molecule has 1 amide bonds. The van der Waals surface area contributed by atoms with Crippen LogP contribution in [0.5, 0.6) is 11.5 Å². The standard InChI is InChI=1S/C52H77FN2O9/c1-4-7-8-9-10-11-12-13-14-25-49(59)55(28-33-60-34-31-58)48-37-46(54-63-6-3)43-35-39(21-17-19-29-56)42(23-18-20-30-57)50-44-36-41(61-38-40-22-15-16-24-45(40)53)26-27-47(44)64-52(48,51(43)50)62-32-5-2/h5,15-16,22,24,26-27,35-36,39,42,48,50-51,56-58H,2,4,6-14,17-21,23,25,28-34,37-38H2,1,3H3/t39-,42+,48-,50+,51+,52+/m0/s1. The second-order valence-corrected chi connectivity index (χ2v) is 17.6. The van der Waals surface area contributed by atoms with Gasteiger partial charge in [0.05, 0.1) is 38.1 Å². The van der Waals surface area contributed by atoms with Crippen molar-refractivity contribution in [3.63, 3.8) is 0 Å². The summed E-state index contributed by atoms with van der Waals surface area (Å²) in [4.78, 5) is 22.6. The van der Waals surface area contributed by atoms with Crippen LogP contribution in [0, 0.1) is 23.6 Å². The average Bonchev–Trinajstić information content (AvgIpc) is 3.30. The molecule has 5 rings (SSSR count). The molecule has 12 heteroatoms. The Morgan fingerprint density at radius 1 is 0.922 bits per heavy atom. The topological polar surface area (TPSA) is 140 Å². The number of halogens is 1. The number of aliphatic hydroxyl groups is 3. The van der Waals surface area contributed by atoms with Gasteiger partial charge in [-0.15, -0.1) is 6.58 Å². The Kier molecular flexibility index (Phi) is 22.1. The highest BCUT2D eigenvalue weighted by Gasteiger charge is 2.65. The minimum absolute atomic E-state index is 0.0228. The van der Waals surface area contributed by atoms with Gasteiger partial charge in [0.1, 0.15) is 36.6 Å². The maximum absolute atomic E-state index is 14.8. The molecule has 1 fully saturated rings. The minimum atomic E-state index is -1.39. The van der Waals surface area contributed by atoms with E-state index in [0.717, 1.165) is 68.2 Å². The summed E-state index contributed by atoms with van der Waals surface area (Å²) in [6.07, 6.45) is 19.5. The summed E-state index contributed by atoms with van der Waals surface area (Å²) in [5.41, 5.74) is 3.06. The number of ether oxygens (including phenoxy) is 4. The quantitative estimate of drug-likeness (QED) is 0.0372. The summed E-state index contributed by atoms with van der Waals surface area (Å²) in [6, 6.07) is 11.7. The van der Waals surface area contributed by atoms with Crippen LogP contribution in [0.15, 0.2) is 71.9 Å². The van der Waals surface area contributed by atoms with E-state index in [1.54, 1.807) is 24.3 Å². The summed E-state index contributed by atoms with van der Waals surface area (Å²) in [6.45, 7) is 9.40. The average molecular weight is 893 g/mol. The number of unbranched alkanes of at least 4 members (excludes halogenated alkanes) is 10. The maximum atomic E-state index is 14.8. The molecule has 356 valence electrons. The fourth-order valence-corrected chi connectivity index (χ4v) is 10.2. The second kappa shape index (κ2) is 27.6. The number of allylic oxidation sites excluding steroid dienone is 1. The molecule has 0 aromatic heterocycles. The normalized spacial score (nSPS) is 22.9. The van der Waals surface area contributed by atoms with Gasteiger partial charge >= 0.3 is 0 Å². The molecular weight excluding hydrogens is 816 g/mol. The third-order valence-electron chi connectivity index (χ3n) is 13.2. The first-order chi connectivity index (χ1) is 31.4. The van der Waals surface area contributed by atoms with Crippen molar-refractivity contribution in [2.75, 3.05) is 52.8 Å². The number of fused-ring (bicyclic) bond motifs is 2. The van der Waals surface area contributed by atoms with E-state index in [4.69, 9.17) is 28.9 Å². The lowest BCUT2D eigenvalue weighted by Gasteiger charge is -2.60. The lowest BCUT2D eigenvalue weighted by atomic mass is 9.55. The Hall–Kier alpha value is -3.81. The number of hydrogen-bond acceptors (Lipinski definition) is 10. The molecule has 1 aliphatic heterocycles. The fourth-order valence-electron chi connectivity index (χ4n) is 10.2. The van der Waals surface area contributed by atoms with E-state index in [1.165, 1.54) is 38.2 Å². The molecule has 2 aromatic rings. The van der Waals surface area contributed by atoms with Crippen molar-refractivity contribution in [3.8, 4) is 11.5 Å². The number of rotatable bonds is 32. The highest BCUT2D eigenvalue weighted by molar-refractivity contribution is 6.03. The van der Waals surface area contributed by atoms with E-state index in [-0.39, 0.29) is 82.3 Å². The van der Waals surface area contributed by atoms with Crippen molar-refractivity contribution in [2.24, 2.45) is 22.9 Å². The van der Waals surface area contributed by atoms with E-state index < -0.39 is 17.7 Å². The molecule has 3 aliphatic rings. The van der Waals surface area contributed by atoms with Gasteiger partial charge in [-0.2, -0.15) is 0 Å². The van der Waals surface area contributed by atoms with Crippen molar-refractivity contribution >= 4 is 11.6 Å². The van der Waals surface area contributed by atoms with Crippen LogP contribution in [0.2, 0.25) is 0 Å². The predicted octanol–water partition coefficient (Wildman–Crippen LogP) is 9.82. The molecule has 64 heavy (non-hydrogen) atoms. The number of carbonyl (C=O) groups excluding carboxylic acids is 1. The molecule has 1 saturated carbocycles. The predicted molar refractivity (Wildman–Crippen MR) is 249 cm³/mol. The highest BCUT2D eigenvalue weighted by Crippen LogP contribution is 2.62. The zero-order valence-corrected chi connectivity index (χ0v) is 38.7. The molecular formula is C52H77FN2O9. The molecule has 11 nitrogen and oxygen atoms in total. The molecule has 6 atom stereocenters. The first-order valence-electron chi connectivity index (χ1n) is 24.4. The molecule has 0 saturated heterocycles. The number of carbonyl (C=O) groups is 1. The molecule has 0 unspecified atom stereocenters. The summed E-state index contributed by atoms with van der Waals surface area (Å²) in [5.74, 6) is -1.14. The van der Waals surface area contributed by atoms with Crippen LogP contribution in [0.25, 0.3) is 0 Å². The number of benzene rings is 2. The maximum Gasteiger partial charge on any atom is 0.239 e. The van der Waals surface area contributed by atoms with Crippen molar-refractivity contribution in [1.82, 2.24) is 4.90 Å². The van der Waals surface area contributed by atoms with Crippen molar-refractivity contribution in [2.45, 2.75) is 147 Å². The van der Waals surface area contributed by atoms with Crippen molar-refractivity contribution < 1.29 is 48.3 Å². The van der Waals surface area contributed by atoms with Crippen molar-refractivity contribution in [3.05, 3.63) is 83.7 Å². The van der Waals surface area contributed by atoms with E-state index in [9.17, 15) is 24.5 Å². The molecule has 1 heterocycles. The van der Waals surface area contributed by atoms with Crippen molar-refractivity contribution in [1.29, 1.82) is 0 Å². The van der Waals surface area contributed by atoms with Gasteiger partial charge in [0, 0.05) is 49.6 Å². The van der Waals surface area contributed by atoms with Gasteiger partial charge in [0.15, 0.2) is 0 Å².